The van der Waals surface area contributed by atoms with Gasteiger partial charge >= 0.3 is 0 Å². The fourth-order valence-corrected chi connectivity index (χ4v) is 5.31. The number of imide groups is 1. The molecule has 37 heavy (non-hydrogen) atoms. The van der Waals surface area contributed by atoms with E-state index in [-0.39, 0.29) is 18.1 Å². The highest BCUT2D eigenvalue weighted by Gasteiger charge is 2.39. The number of furan rings is 1. The number of hydrogen-bond acceptors (Lipinski definition) is 7. The van der Waals surface area contributed by atoms with Crippen molar-refractivity contribution in [3.63, 3.8) is 0 Å². The zero-order valence-electron chi connectivity index (χ0n) is 20.1. The third kappa shape index (κ3) is 5.37. The van der Waals surface area contributed by atoms with Gasteiger partial charge in [-0.1, -0.05) is 23.9 Å². The Hall–Kier alpha value is -4.08. The van der Waals surface area contributed by atoms with Crippen LogP contribution in [0.4, 0.5) is 11.4 Å². The molecular formula is C28H23N3O4S2. The molecule has 4 aromatic rings. The molecule has 0 aliphatic carbocycles. The van der Waals surface area contributed by atoms with Gasteiger partial charge < -0.3 is 15.1 Å². The monoisotopic (exact) mass is 529 g/mol. The summed E-state index contributed by atoms with van der Waals surface area (Å²) in [4.78, 5) is 42.0. The van der Waals surface area contributed by atoms with Crippen LogP contribution >= 0.6 is 23.1 Å². The maximum absolute atomic E-state index is 13.4. The number of amides is 3. The molecule has 1 aliphatic heterocycles. The van der Waals surface area contributed by atoms with E-state index in [0.29, 0.717) is 21.2 Å². The van der Waals surface area contributed by atoms with Gasteiger partial charge in [-0.05, 0) is 85.0 Å². The summed E-state index contributed by atoms with van der Waals surface area (Å²) in [5, 5.41) is 7.89. The number of rotatable bonds is 8. The molecule has 0 spiro atoms. The summed E-state index contributed by atoms with van der Waals surface area (Å²) in [5.74, 6) is -0.470. The molecule has 9 heteroatoms. The van der Waals surface area contributed by atoms with E-state index in [1.165, 1.54) is 34.3 Å². The lowest BCUT2D eigenvalue weighted by molar-refractivity contribution is -0.138. The molecule has 7 nitrogen and oxygen atoms in total. The van der Waals surface area contributed by atoms with Gasteiger partial charge in [-0.3, -0.25) is 19.3 Å². The van der Waals surface area contributed by atoms with E-state index in [2.05, 4.69) is 10.6 Å². The number of hydrogen-bond donors (Lipinski definition) is 2. The lowest BCUT2D eigenvalue weighted by atomic mass is 10.1. The van der Waals surface area contributed by atoms with Gasteiger partial charge in [0, 0.05) is 16.3 Å². The quantitative estimate of drug-likeness (QED) is 0.264. The first kappa shape index (κ1) is 24.6. The number of nitrogens with one attached hydrogen (secondary N) is 2. The molecular weight excluding hydrogens is 506 g/mol. The first-order valence-corrected chi connectivity index (χ1v) is 13.2. The van der Waals surface area contributed by atoms with Crippen LogP contribution < -0.4 is 10.6 Å². The molecule has 1 aliphatic rings. The van der Waals surface area contributed by atoms with Crippen LogP contribution in [-0.4, -0.2) is 22.6 Å². The maximum atomic E-state index is 13.4. The van der Waals surface area contributed by atoms with Gasteiger partial charge in [0.2, 0.25) is 0 Å². The molecule has 0 saturated heterocycles. The largest absolute Gasteiger partial charge is 0.467 e. The minimum Gasteiger partial charge on any atom is -0.467 e. The predicted molar refractivity (Wildman–Crippen MR) is 145 cm³/mol. The second-order valence-electron chi connectivity index (χ2n) is 8.46. The Morgan fingerprint density at radius 1 is 0.946 bits per heavy atom. The fraction of sp³-hybridized carbons (Fsp3) is 0.107. The molecule has 186 valence electrons. The molecule has 0 fully saturated rings. The summed E-state index contributed by atoms with van der Waals surface area (Å²) in [6.45, 7) is 4.05. The summed E-state index contributed by atoms with van der Waals surface area (Å²) in [7, 11) is 0. The van der Waals surface area contributed by atoms with Crippen LogP contribution in [0.15, 0.2) is 98.3 Å². The van der Waals surface area contributed by atoms with Gasteiger partial charge in [-0.2, -0.15) is 0 Å². The van der Waals surface area contributed by atoms with Crippen LogP contribution in [0.2, 0.25) is 0 Å². The Balaban J connectivity index is 1.40. The van der Waals surface area contributed by atoms with Crippen molar-refractivity contribution in [2.24, 2.45) is 0 Å². The molecule has 3 heterocycles. The van der Waals surface area contributed by atoms with E-state index in [9.17, 15) is 14.4 Å². The van der Waals surface area contributed by atoms with Crippen LogP contribution in [0.25, 0.3) is 0 Å². The minimum absolute atomic E-state index is 0.0422. The standard InChI is InChI=1S/C28H23N3O4S2/c1-17-7-8-20(15-18(17)2)29-24-25(28(34)31(27(24)33)16-21-5-3-13-35-21)37-22-11-9-19(10-12-22)30-26(32)23-6-4-14-36-23/h3-15,29H,16H2,1-2H3,(H,30,32). The third-order valence-electron chi connectivity index (χ3n) is 5.87. The second-order valence-corrected chi connectivity index (χ2v) is 10.5. The number of thioether (sulfide) groups is 1. The number of carbonyl (C=O) groups excluding carboxylic acids is 3. The van der Waals surface area contributed by atoms with Crippen LogP contribution in [0.5, 0.6) is 0 Å². The molecule has 0 unspecified atom stereocenters. The lowest BCUT2D eigenvalue weighted by Gasteiger charge is -2.14. The second kappa shape index (κ2) is 10.5. The number of carbonyl (C=O) groups is 3. The molecule has 3 amide bonds. The Kier molecular flexibility index (Phi) is 6.98. The topological polar surface area (TPSA) is 91.7 Å². The number of benzene rings is 2. The first-order valence-electron chi connectivity index (χ1n) is 11.5. The van der Waals surface area contributed by atoms with E-state index in [1.807, 2.05) is 55.6 Å². The Morgan fingerprint density at radius 2 is 1.73 bits per heavy atom. The van der Waals surface area contributed by atoms with Crippen molar-refractivity contribution in [2.75, 3.05) is 10.6 Å². The van der Waals surface area contributed by atoms with Crippen molar-refractivity contribution in [2.45, 2.75) is 25.3 Å². The van der Waals surface area contributed by atoms with Crippen molar-refractivity contribution in [1.82, 2.24) is 4.90 Å². The average Bonchev–Trinajstić information content (AvgIpc) is 3.65. The summed E-state index contributed by atoms with van der Waals surface area (Å²) in [6.07, 6.45) is 1.51. The van der Waals surface area contributed by atoms with Crippen molar-refractivity contribution < 1.29 is 18.8 Å². The smallest absolute Gasteiger partial charge is 0.278 e. The molecule has 5 rings (SSSR count). The van der Waals surface area contributed by atoms with E-state index in [0.717, 1.165) is 21.7 Å². The normalized spacial score (nSPS) is 13.4. The van der Waals surface area contributed by atoms with E-state index >= 15 is 0 Å². The van der Waals surface area contributed by atoms with Gasteiger partial charge in [0.15, 0.2) is 0 Å². The summed E-state index contributed by atoms with van der Waals surface area (Å²) in [6, 6.07) is 20.0. The highest BCUT2D eigenvalue weighted by Crippen LogP contribution is 2.37. The first-order chi connectivity index (χ1) is 17.9. The van der Waals surface area contributed by atoms with Crippen molar-refractivity contribution in [3.8, 4) is 0 Å². The zero-order valence-corrected chi connectivity index (χ0v) is 21.7. The number of thiophene rings is 1. The average molecular weight is 530 g/mol. The van der Waals surface area contributed by atoms with Crippen molar-refractivity contribution >= 4 is 52.2 Å². The van der Waals surface area contributed by atoms with Gasteiger partial charge in [0.05, 0.1) is 17.7 Å². The molecule has 0 atom stereocenters. The summed E-state index contributed by atoms with van der Waals surface area (Å²) >= 11 is 2.57. The van der Waals surface area contributed by atoms with E-state index < -0.39 is 11.8 Å². The Labute approximate surface area is 222 Å². The molecule has 0 radical (unpaired) electrons. The molecule has 2 aromatic heterocycles. The summed E-state index contributed by atoms with van der Waals surface area (Å²) in [5.41, 5.74) is 3.79. The number of aryl methyl sites for hydroxylation is 2. The van der Waals surface area contributed by atoms with Crippen LogP contribution in [0.3, 0.4) is 0 Å². The third-order valence-corrected chi connectivity index (χ3v) is 7.83. The zero-order chi connectivity index (χ0) is 25.9. The van der Waals surface area contributed by atoms with Crippen LogP contribution in [0.1, 0.15) is 26.6 Å². The molecule has 2 aromatic carbocycles. The fourth-order valence-electron chi connectivity index (χ4n) is 3.75. The van der Waals surface area contributed by atoms with Crippen molar-refractivity contribution in [1.29, 1.82) is 0 Å². The lowest BCUT2D eigenvalue weighted by Crippen LogP contribution is -2.31. The minimum atomic E-state index is -0.415. The van der Waals surface area contributed by atoms with E-state index in [1.54, 1.807) is 30.3 Å². The highest BCUT2D eigenvalue weighted by atomic mass is 32.2. The Bertz CT molecular complexity index is 1490. The Morgan fingerprint density at radius 3 is 2.41 bits per heavy atom. The molecule has 0 bridgehead atoms. The predicted octanol–water partition coefficient (Wildman–Crippen LogP) is 6.20. The van der Waals surface area contributed by atoms with Gasteiger partial charge in [0.25, 0.3) is 17.7 Å². The number of anilines is 2. The molecule has 2 N–H and O–H groups in total. The van der Waals surface area contributed by atoms with E-state index in [4.69, 9.17) is 4.42 Å². The van der Waals surface area contributed by atoms with Crippen LogP contribution in [-0.2, 0) is 16.1 Å². The summed E-state index contributed by atoms with van der Waals surface area (Å²) < 4.78 is 5.37. The number of nitrogens with zero attached hydrogens (tertiary/aromatic N) is 1. The maximum Gasteiger partial charge on any atom is 0.278 e. The van der Waals surface area contributed by atoms with Gasteiger partial charge in [-0.25, -0.2) is 0 Å². The van der Waals surface area contributed by atoms with Crippen LogP contribution in [0, 0.1) is 13.8 Å². The highest BCUT2D eigenvalue weighted by molar-refractivity contribution is 8.04. The van der Waals surface area contributed by atoms with Gasteiger partial charge in [0.1, 0.15) is 16.4 Å². The molecule has 0 saturated carbocycles. The van der Waals surface area contributed by atoms with Gasteiger partial charge in [-0.15, -0.1) is 11.3 Å². The van der Waals surface area contributed by atoms with Crippen molar-refractivity contribution in [3.05, 3.63) is 111 Å². The SMILES string of the molecule is Cc1ccc(NC2=C(Sc3ccc(NC(=O)c4cccs4)cc3)C(=O)N(Cc3ccco3)C2=O)cc1C.